The summed E-state index contributed by atoms with van der Waals surface area (Å²) in [6.07, 6.45) is 2.11. The van der Waals surface area contributed by atoms with Crippen molar-refractivity contribution in [3.8, 4) is 0 Å². The highest BCUT2D eigenvalue weighted by molar-refractivity contribution is 7.99. The van der Waals surface area contributed by atoms with Crippen LogP contribution in [0.3, 0.4) is 0 Å². The molecule has 3 aliphatic rings. The largest absolute Gasteiger partial charge is 0.458 e. The Morgan fingerprint density at radius 1 is 1.02 bits per heavy atom. The zero-order valence-electron chi connectivity index (χ0n) is 35.5. The van der Waals surface area contributed by atoms with Crippen LogP contribution < -0.4 is 0 Å². The Hall–Kier alpha value is -2.69. The lowest BCUT2D eigenvalue weighted by Crippen LogP contribution is -2.60. The molecule has 1 amide bonds. The number of aliphatic hydroxyl groups excluding tert-OH is 1. The second kappa shape index (κ2) is 19.4. The van der Waals surface area contributed by atoms with Crippen LogP contribution in [0.15, 0.2) is 17.6 Å². The van der Waals surface area contributed by atoms with Crippen molar-refractivity contribution in [2.45, 2.75) is 160 Å². The standard InChI is InChI=1S/C41H66N4O10S/c1-13-16-28-21-42-38(43-22-28)56-18-15-17-45-34-25(5)31(46)23(3)20-40(8,51-12)35(54-37-33(48)29(44(10)11)19-24(4)52-37)26(6)32(47)27(7)36(49)53-30(14-2)41(34,9)55-39(45)50/h21-27,29-30,33-35,37,48H,13-20H2,1-12H3/t23-,24-,25+,26+,27-,29+,30-,33-,34-,35-,37+,40+,41-/m1/s1. The highest BCUT2D eigenvalue weighted by Crippen LogP contribution is 2.43. The van der Waals surface area contributed by atoms with Crippen molar-refractivity contribution in [2.24, 2.45) is 23.7 Å². The van der Waals surface area contributed by atoms with Gasteiger partial charge >= 0.3 is 12.1 Å². The molecule has 15 heteroatoms. The molecule has 0 radical (unpaired) electrons. The molecule has 0 unspecified atom stereocenters. The maximum atomic E-state index is 14.7. The molecule has 0 bridgehead atoms. The zero-order valence-corrected chi connectivity index (χ0v) is 36.3. The summed E-state index contributed by atoms with van der Waals surface area (Å²) in [5, 5.41) is 12.1. The van der Waals surface area contributed by atoms with E-state index < -0.39 is 83.4 Å². The summed E-state index contributed by atoms with van der Waals surface area (Å²) in [7, 11) is 5.24. The van der Waals surface area contributed by atoms with Gasteiger partial charge in [0.05, 0.1) is 23.9 Å². The second-order valence-corrected chi connectivity index (χ2v) is 17.8. The first-order valence-electron chi connectivity index (χ1n) is 20.2. The third-order valence-corrected chi connectivity index (χ3v) is 13.1. The number of cyclic esters (lactones) is 1. The Labute approximate surface area is 337 Å². The molecule has 0 spiro atoms. The van der Waals surface area contributed by atoms with Gasteiger partial charge in [0.25, 0.3) is 0 Å². The van der Waals surface area contributed by atoms with E-state index in [9.17, 15) is 24.3 Å². The monoisotopic (exact) mass is 806 g/mol. The van der Waals surface area contributed by atoms with Crippen LogP contribution in [0.1, 0.15) is 100.0 Å². The van der Waals surface area contributed by atoms with Crippen LogP contribution >= 0.6 is 11.8 Å². The number of hydrogen-bond donors (Lipinski definition) is 1. The van der Waals surface area contributed by atoms with Crippen LogP contribution in [0.4, 0.5) is 4.79 Å². The number of ether oxygens (including phenoxy) is 5. The molecule has 56 heavy (non-hydrogen) atoms. The van der Waals surface area contributed by atoms with Crippen molar-refractivity contribution in [1.82, 2.24) is 19.8 Å². The molecule has 4 rings (SSSR count). The Balaban J connectivity index is 1.68. The first-order chi connectivity index (χ1) is 26.3. The van der Waals surface area contributed by atoms with Crippen molar-refractivity contribution < 1.29 is 48.0 Å². The molecule has 14 nitrogen and oxygen atoms in total. The molecule has 3 aliphatic heterocycles. The van der Waals surface area contributed by atoms with Crippen molar-refractivity contribution >= 4 is 35.4 Å². The van der Waals surface area contributed by atoms with E-state index in [4.69, 9.17) is 23.7 Å². The van der Waals surface area contributed by atoms with Gasteiger partial charge in [-0.25, -0.2) is 14.8 Å². The first-order valence-corrected chi connectivity index (χ1v) is 21.2. The molecule has 0 saturated carbocycles. The van der Waals surface area contributed by atoms with Crippen LogP contribution in [0, 0.1) is 23.7 Å². The van der Waals surface area contributed by atoms with Gasteiger partial charge in [-0.05, 0) is 79.5 Å². The van der Waals surface area contributed by atoms with Crippen molar-refractivity contribution in [3.63, 3.8) is 0 Å². The highest BCUT2D eigenvalue weighted by Gasteiger charge is 2.60. The van der Waals surface area contributed by atoms with E-state index in [1.807, 2.05) is 52.2 Å². The fraction of sp³-hybridized carbons (Fsp3) is 0.805. The topological polar surface area (TPSA) is 167 Å². The molecular weight excluding hydrogens is 741 g/mol. The lowest BCUT2D eigenvalue weighted by atomic mass is 9.73. The molecule has 1 N–H and O–H groups in total. The number of aromatic nitrogens is 2. The second-order valence-electron chi connectivity index (χ2n) is 16.7. The number of carbonyl (C=O) groups excluding carboxylic acids is 4. The smallest absolute Gasteiger partial charge is 0.410 e. The van der Waals surface area contributed by atoms with Gasteiger partial charge in [-0.3, -0.25) is 14.4 Å². The number of ketones is 2. The fourth-order valence-corrected chi connectivity index (χ4v) is 9.65. The van der Waals surface area contributed by atoms with Crippen LogP contribution in [-0.4, -0.2) is 136 Å². The van der Waals surface area contributed by atoms with Gasteiger partial charge in [0.1, 0.15) is 23.9 Å². The quantitative estimate of drug-likeness (QED) is 0.0973. The fourth-order valence-electron chi connectivity index (χ4n) is 8.94. The van der Waals surface area contributed by atoms with Gasteiger partial charge < -0.3 is 38.6 Å². The predicted molar refractivity (Wildman–Crippen MR) is 211 cm³/mol. The average Bonchev–Trinajstić information content (AvgIpc) is 3.42. The van der Waals surface area contributed by atoms with E-state index in [0.29, 0.717) is 23.8 Å². The lowest BCUT2D eigenvalue weighted by Gasteiger charge is -2.47. The summed E-state index contributed by atoms with van der Waals surface area (Å²) >= 11 is 1.49. The van der Waals surface area contributed by atoms with E-state index in [1.165, 1.54) is 25.8 Å². The number of thioether (sulfide) groups is 1. The summed E-state index contributed by atoms with van der Waals surface area (Å²) in [5.41, 5.74) is -1.58. The molecular formula is C41H66N4O10S. The summed E-state index contributed by atoms with van der Waals surface area (Å²) in [4.78, 5) is 69.1. The number of Topliss-reactive ketones (excluding diaryl/α,β-unsaturated/α-hetero) is 2. The van der Waals surface area contributed by atoms with Gasteiger partial charge in [-0.1, -0.05) is 52.8 Å². The molecule has 316 valence electrons. The number of aliphatic hydroxyl groups is 1. The van der Waals surface area contributed by atoms with Gasteiger partial charge in [-0.2, -0.15) is 0 Å². The Kier molecular flexibility index (Phi) is 15.9. The SMILES string of the molecule is CCCc1cnc(SCCCN2C(=O)O[C@]3(C)[C@@H](CC)OC(=O)[C@H](C)C(=O)[C@H](C)[C@@H](O[C@@H]4O[C@H](C)C[C@H](N(C)C)[C@H]4O)[C@@](C)(OC)C[C@@H](C)C(=O)[C@H](C)[C@@H]23)nc1. The minimum Gasteiger partial charge on any atom is -0.458 e. The van der Waals surface area contributed by atoms with Crippen LogP contribution in [-0.2, 0) is 44.5 Å². The number of amides is 1. The maximum Gasteiger partial charge on any atom is 0.410 e. The Morgan fingerprint density at radius 2 is 1.68 bits per heavy atom. The summed E-state index contributed by atoms with van der Waals surface area (Å²) in [5.74, 6) is -4.32. The van der Waals surface area contributed by atoms with E-state index in [2.05, 4.69) is 16.9 Å². The maximum absolute atomic E-state index is 14.7. The normalized spacial score (nSPS) is 37.6. The minimum absolute atomic E-state index is 0.131. The molecule has 0 aliphatic carbocycles. The Morgan fingerprint density at radius 3 is 2.27 bits per heavy atom. The third kappa shape index (κ3) is 9.94. The van der Waals surface area contributed by atoms with Gasteiger partial charge in [0.2, 0.25) is 0 Å². The van der Waals surface area contributed by atoms with Crippen LogP contribution in [0.25, 0.3) is 0 Å². The summed E-state index contributed by atoms with van der Waals surface area (Å²) in [6, 6.07) is -1.07. The molecule has 1 aromatic heterocycles. The molecule has 0 aromatic carbocycles. The number of hydrogen-bond acceptors (Lipinski definition) is 14. The number of methoxy groups -OCH3 is 1. The number of aryl methyl sites for hydroxylation is 1. The van der Waals surface area contributed by atoms with E-state index in [1.54, 1.807) is 32.6 Å². The van der Waals surface area contributed by atoms with Gasteiger partial charge in [0.15, 0.2) is 22.8 Å². The Bertz CT molecular complexity index is 1520. The van der Waals surface area contributed by atoms with E-state index >= 15 is 0 Å². The number of nitrogens with zero attached hydrogens (tertiary/aromatic N) is 4. The molecule has 3 saturated heterocycles. The molecule has 3 fully saturated rings. The average molecular weight is 807 g/mol. The van der Waals surface area contributed by atoms with Crippen molar-refractivity contribution in [1.29, 1.82) is 0 Å². The van der Waals surface area contributed by atoms with Crippen LogP contribution in [0.5, 0.6) is 0 Å². The third-order valence-electron chi connectivity index (χ3n) is 12.2. The highest BCUT2D eigenvalue weighted by atomic mass is 32.2. The summed E-state index contributed by atoms with van der Waals surface area (Å²) < 4.78 is 31.1. The molecule has 13 atom stereocenters. The van der Waals surface area contributed by atoms with Gasteiger partial charge in [-0.15, -0.1) is 0 Å². The van der Waals surface area contributed by atoms with Gasteiger partial charge in [0, 0.05) is 55.6 Å². The predicted octanol–water partition coefficient (Wildman–Crippen LogP) is 5.12. The van der Waals surface area contributed by atoms with E-state index in [0.717, 1.165) is 18.4 Å². The lowest BCUT2D eigenvalue weighted by molar-refractivity contribution is -0.295. The van der Waals surface area contributed by atoms with Crippen LogP contribution in [0.2, 0.25) is 0 Å². The number of carbonyl (C=O) groups is 4. The number of esters is 1. The zero-order chi connectivity index (χ0) is 41.7. The van der Waals surface area contributed by atoms with E-state index in [-0.39, 0.29) is 37.3 Å². The minimum atomic E-state index is -1.40. The molecule has 1 aromatic rings. The molecule has 4 heterocycles. The van der Waals surface area contributed by atoms with Crippen molar-refractivity contribution in [3.05, 3.63) is 18.0 Å². The summed E-state index contributed by atoms with van der Waals surface area (Å²) in [6.45, 7) is 16.4. The number of fused-ring (bicyclic) bond motifs is 1. The number of likely N-dealkylation sites (N-methyl/N-ethyl adjacent to an activating group) is 1. The number of rotatable bonds is 12. The van der Waals surface area contributed by atoms with Crippen molar-refractivity contribution in [2.75, 3.05) is 33.5 Å². The first kappa shape index (κ1) is 46.0.